The Kier molecular flexibility index (Phi) is 15.5. The van der Waals surface area contributed by atoms with Crippen LogP contribution in [-0.2, 0) is 14.9 Å². The lowest BCUT2D eigenvalue weighted by molar-refractivity contribution is -0.135. The highest BCUT2D eigenvalue weighted by Crippen LogP contribution is 2.26. The first-order chi connectivity index (χ1) is 14.9. The van der Waals surface area contributed by atoms with Gasteiger partial charge in [0.15, 0.2) is 5.37 Å². The summed E-state index contributed by atoms with van der Waals surface area (Å²) in [6.45, 7) is 1.98. The fourth-order valence-electron chi connectivity index (χ4n) is 4.76. The van der Waals surface area contributed by atoms with Crippen molar-refractivity contribution in [3.63, 3.8) is 0 Å². The summed E-state index contributed by atoms with van der Waals surface area (Å²) in [5, 5.41) is -1.31. The zero-order valence-electron chi connectivity index (χ0n) is 19.9. The van der Waals surface area contributed by atoms with E-state index in [2.05, 4.69) is 6.92 Å². The normalized spacial score (nSPS) is 16.4. The first-order valence-corrected chi connectivity index (χ1v) is 14.4. The van der Waals surface area contributed by atoms with E-state index in [9.17, 15) is 17.8 Å². The Hall–Kier alpha value is -0.660. The number of nitrogens with two attached hydrogens (primary N) is 1. The van der Waals surface area contributed by atoms with Crippen LogP contribution in [0.4, 0.5) is 0 Å². The van der Waals surface area contributed by atoms with Crippen LogP contribution in [0.5, 0.6) is 0 Å². The molecule has 1 rings (SSSR count). The summed E-state index contributed by atoms with van der Waals surface area (Å²) in [5.74, 6) is -0.178. The second-order valence-corrected chi connectivity index (χ2v) is 10.9. The number of rotatable bonds is 18. The summed E-state index contributed by atoms with van der Waals surface area (Å²) < 4.78 is 33.3. The zero-order chi connectivity index (χ0) is 23.0. The number of amides is 1. The molecule has 0 heterocycles. The summed E-state index contributed by atoms with van der Waals surface area (Å²) in [6, 6.07) is -0.126. The van der Waals surface area contributed by atoms with Gasteiger partial charge in [-0.2, -0.15) is 8.42 Å². The molecule has 1 unspecified atom stereocenters. The summed E-state index contributed by atoms with van der Waals surface area (Å²) in [5.41, 5.74) is 5.65. The standard InChI is InChI=1S/C24H48N2O4S/c1-2-3-4-5-6-7-8-9-10-11-12-13-17-20-23(27)26(22-18-15-14-16-19-22)24(21-25)31(28,29)30/h22,24H,2-21,25H2,1H3,(H,28,29,30). The van der Waals surface area contributed by atoms with Crippen LogP contribution in [0.1, 0.15) is 129 Å². The van der Waals surface area contributed by atoms with Gasteiger partial charge in [0.25, 0.3) is 10.1 Å². The Morgan fingerprint density at radius 1 is 0.871 bits per heavy atom. The average Bonchev–Trinajstić information content (AvgIpc) is 2.74. The molecule has 7 heteroatoms. The highest BCUT2D eigenvalue weighted by atomic mass is 32.2. The largest absolute Gasteiger partial charge is 0.327 e. The van der Waals surface area contributed by atoms with Crippen LogP contribution in [0.2, 0.25) is 0 Å². The molecule has 0 saturated heterocycles. The quantitative estimate of drug-likeness (QED) is 0.199. The third-order valence-corrected chi connectivity index (χ3v) is 7.71. The number of hydrogen-bond donors (Lipinski definition) is 2. The van der Waals surface area contributed by atoms with Crippen LogP contribution < -0.4 is 5.73 Å². The summed E-state index contributed by atoms with van der Waals surface area (Å²) in [7, 11) is -4.39. The fraction of sp³-hybridized carbons (Fsp3) is 0.958. The molecule has 1 fully saturated rings. The van der Waals surface area contributed by atoms with Crippen molar-refractivity contribution in [1.29, 1.82) is 0 Å². The van der Waals surface area contributed by atoms with Crippen LogP contribution in [-0.4, -0.2) is 41.7 Å². The predicted molar refractivity (Wildman–Crippen MR) is 128 cm³/mol. The highest BCUT2D eigenvalue weighted by molar-refractivity contribution is 7.86. The van der Waals surface area contributed by atoms with Crippen LogP contribution in [0.25, 0.3) is 0 Å². The fourth-order valence-corrected chi connectivity index (χ4v) is 5.58. The van der Waals surface area contributed by atoms with Crippen molar-refractivity contribution in [1.82, 2.24) is 4.90 Å². The first-order valence-electron chi connectivity index (χ1n) is 12.9. The van der Waals surface area contributed by atoms with Crippen molar-refractivity contribution in [2.24, 2.45) is 5.73 Å². The number of unbranched alkanes of at least 4 members (excludes halogenated alkanes) is 12. The van der Waals surface area contributed by atoms with E-state index in [0.717, 1.165) is 51.4 Å². The molecule has 31 heavy (non-hydrogen) atoms. The van der Waals surface area contributed by atoms with Gasteiger partial charge in [0.1, 0.15) is 0 Å². The Morgan fingerprint density at radius 3 is 1.74 bits per heavy atom. The number of carbonyl (C=O) groups is 1. The lowest BCUT2D eigenvalue weighted by Gasteiger charge is -2.38. The van der Waals surface area contributed by atoms with Crippen molar-refractivity contribution < 1.29 is 17.8 Å². The van der Waals surface area contributed by atoms with Gasteiger partial charge >= 0.3 is 0 Å². The second-order valence-electron chi connectivity index (χ2n) is 9.29. The van der Waals surface area contributed by atoms with Gasteiger partial charge in [-0.3, -0.25) is 9.35 Å². The maximum Gasteiger partial charge on any atom is 0.287 e. The molecular weight excluding hydrogens is 412 g/mol. The molecule has 0 aliphatic heterocycles. The number of carbonyl (C=O) groups excluding carboxylic acids is 1. The van der Waals surface area contributed by atoms with E-state index < -0.39 is 15.5 Å². The van der Waals surface area contributed by atoms with E-state index in [1.54, 1.807) is 0 Å². The van der Waals surface area contributed by atoms with Crippen molar-refractivity contribution >= 4 is 16.0 Å². The maximum atomic E-state index is 12.9. The van der Waals surface area contributed by atoms with Crippen LogP contribution in [0.15, 0.2) is 0 Å². The topological polar surface area (TPSA) is 101 Å². The number of nitrogens with zero attached hydrogens (tertiary/aromatic N) is 1. The van der Waals surface area contributed by atoms with Gasteiger partial charge in [-0.1, -0.05) is 103 Å². The molecule has 1 atom stereocenters. The molecule has 0 radical (unpaired) electrons. The smallest absolute Gasteiger partial charge is 0.287 e. The lowest BCUT2D eigenvalue weighted by atomic mass is 9.93. The van der Waals surface area contributed by atoms with Crippen LogP contribution in [0, 0.1) is 0 Å². The Balaban J connectivity index is 2.25. The van der Waals surface area contributed by atoms with Gasteiger partial charge in [-0.15, -0.1) is 0 Å². The van der Waals surface area contributed by atoms with Crippen molar-refractivity contribution in [2.75, 3.05) is 6.54 Å². The molecule has 1 amide bonds. The third-order valence-electron chi connectivity index (χ3n) is 6.61. The molecule has 0 aromatic carbocycles. The molecule has 3 N–H and O–H groups in total. The summed E-state index contributed by atoms with van der Waals surface area (Å²) in [6.07, 6.45) is 21.1. The van der Waals surface area contributed by atoms with Gasteiger partial charge in [0, 0.05) is 19.0 Å². The van der Waals surface area contributed by atoms with E-state index in [0.29, 0.717) is 6.42 Å². The summed E-state index contributed by atoms with van der Waals surface area (Å²) >= 11 is 0. The maximum absolute atomic E-state index is 12.9. The van der Waals surface area contributed by atoms with Gasteiger partial charge in [-0.05, 0) is 19.3 Å². The molecule has 0 aromatic rings. The van der Waals surface area contributed by atoms with E-state index >= 15 is 0 Å². The average molecular weight is 461 g/mol. The van der Waals surface area contributed by atoms with Crippen molar-refractivity contribution in [3.05, 3.63) is 0 Å². The molecule has 6 nitrogen and oxygen atoms in total. The van der Waals surface area contributed by atoms with Crippen LogP contribution >= 0.6 is 0 Å². The van der Waals surface area contributed by atoms with Gasteiger partial charge in [0.05, 0.1) is 0 Å². The van der Waals surface area contributed by atoms with E-state index in [-0.39, 0.29) is 18.5 Å². The van der Waals surface area contributed by atoms with Gasteiger partial charge in [0.2, 0.25) is 5.91 Å². The third kappa shape index (κ3) is 12.2. The predicted octanol–water partition coefficient (Wildman–Crippen LogP) is 5.80. The highest BCUT2D eigenvalue weighted by Gasteiger charge is 2.37. The van der Waals surface area contributed by atoms with Crippen LogP contribution in [0.3, 0.4) is 0 Å². The summed E-state index contributed by atoms with van der Waals surface area (Å²) in [4.78, 5) is 14.3. The SMILES string of the molecule is CCCCCCCCCCCCCCCC(=O)N(C1CCCCC1)C(CN)S(=O)(=O)O. The molecule has 184 valence electrons. The van der Waals surface area contributed by atoms with Crippen molar-refractivity contribution in [3.8, 4) is 0 Å². The molecule has 0 spiro atoms. The molecule has 0 bridgehead atoms. The monoisotopic (exact) mass is 460 g/mol. The zero-order valence-corrected chi connectivity index (χ0v) is 20.7. The minimum Gasteiger partial charge on any atom is -0.327 e. The number of hydrogen-bond acceptors (Lipinski definition) is 4. The van der Waals surface area contributed by atoms with E-state index in [4.69, 9.17) is 5.73 Å². The molecule has 0 aromatic heterocycles. The molecule has 1 aliphatic carbocycles. The molecule has 1 saturated carbocycles. The first kappa shape index (κ1) is 28.4. The lowest BCUT2D eigenvalue weighted by Crippen LogP contribution is -2.54. The Labute approximate surface area is 191 Å². The Morgan fingerprint density at radius 2 is 1.32 bits per heavy atom. The Bertz CT molecular complexity index is 562. The minimum absolute atomic E-state index is 0.126. The van der Waals surface area contributed by atoms with Gasteiger partial charge < -0.3 is 10.6 Å². The minimum atomic E-state index is -4.39. The van der Waals surface area contributed by atoms with E-state index in [1.807, 2.05) is 0 Å². The molecular formula is C24H48N2O4S. The second kappa shape index (κ2) is 16.9. The van der Waals surface area contributed by atoms with E-state index in [1.165, 1.54) is 69.1 Å². The molecule has 1 aliphatic rings. The van der Waals surface area contributed by atoms with Gasteiger partial charge in [-0.25, -0.2) is 0 Å². The van der Waals surface area contributed by atoms with Crippen molar-refractivity contribution in [2.45, 2.75) is 140 Å².